The zero-order valence-corrected chi connectivity index (χ0v) is 16.0. The van der Waals surface area contributed by atoms with Gasteiger partial charge in [-0.1, -0.05) is 31.7 Å². The summed E-state index contributed by atoms with van der Waals surface area (Å²) in [4.78, 5) is 9.21. The van der Waals surface area contributed by atoms with Crippen molar-refractivity contribution in [1.29, 1.82) is 0 Å². The lowest BCUT2D eigenvalue weighted by atomic mass is 10.0. The lowest BCUT2D eigenvalue weighted by Gasteiger charge is -2.15. The molecule has 1 N–H and O–H groups in total. The Bertz CT molecular complexity index is 891. The Morgan fingerprint density at radius 3 is 2.65 bits per heavy atom. The van der Waals surface area contributed by atoms with Crippen LogP contribution in [0, 0.1) is 13.8 Å². The number of hydrogen-bond donors (Lipinski definition) is 1. The molecule has 0 amide bonds. The Labute approximate surface area is 154 Å². The average Bonchev–Trinajstić information content (AvgIpc) is 3.05. The number of phenolic OH excluding ortho intramolecular Hbond substituents is 1. The normalized spacial score (nSPS) is 14.8. The van der Waals surface area contributed by atoms with Crippen molar-refractivity contribution < 1.29 is 10.2 Å². The van der Waals surface area contributed by atoms with E-state index in [0.717, 1.165) is 48.6 Å². The van der Waals surface area contributed by atoms with Crippen molar-refractivity contribution >= 4 is 17.1 Å². The third-order valence-electron chi connectivity index (χ3n) is 4.97. The van der Waals surface area contributed by atoms with Crippen LogP contribution in [0.3, 0.4) is 0 Å². The number of aromatic hydroxyl groups is 1. The molecule has 1 aromatic carbocycles. The highest BCUT2D eigenvalue weighted by Gasteiger charge is 2.22. The van der Waals surface area contributed by atoms with Crippen molar-refractivity contribution in [3.8, 4) is 11.5 Å². The van der Waals surface area contributed by atoms with Crippen molar-refractivity contribution in [3.63, 3.8) is 0 Å². The van der Waals surface area contributed by atoms with Gasteiger partial charge in [-0.05, 0) is 51.8 Å². The number of aromatic nitrogens is 2. The van der Waals surface area contributed by atoms with E-state index in [1.165, 1.54) is 12.5 Å². The molecule has 0 radical (unpaired) electrons. The number of aryl methyl sites for hydroxylation is 2. The van der Waals surface area contributed by atoms with Gasteiger partial charge in [-0.15, -0.1) is 5.75 Å². The summed E-state index contributed by atoms with van der Waals surface area (Å²) >= 11 is 0. The van der Waals surface area contributed by atoms with Crippen LogP contribution in [-0.4, -0.2) is 20.4 Å². The molecule has 138 valence electrons. The van der Waals surface area contributed by atoms with Crippen molar-refractivity contribution in [2.45, 2.75) is 59.8 Å². The van der Waals surface area contributed by atoms with E-state index < -0.39 is 0 Å². The Morgan fingerprint density at radius 2 is 1.92 bits per heavy atom. The number of allylic oxidation sites excluding steroid dienone is 2. The summed E-state index contributed by atoms with van der Waals surface area (Å²) in [6, 6.07) is 3.01. The maximum absolute atomic E-state index is 12.2. The van der Waals surface area contributed by atoms with Gasteiger partial charge in [0.25, 0.3) is 0 Å². The van der Waals surface area contributed by atoms with Gasteiger partial charge >= 0.3 is 0 Å². The highest BCUT2D eigenvalue weighted by atomic mass is 16.3. The lowest BCUT2D eigenvalue weighted by molar-refractivity contribution is -0.269. The summed E-state index contributed by atoms with van der Waals surface area (Å²) in [5, 5.41) is 22.4. The number of nitrogens with zero attached hydrogens (tertiary/aromatic N) is 3. The van der Waals surface area contributed by atoms with Crippen molar-refractivity contribution in [2.75, 3.05) is 0 Å². The predicted molar refractivity (Wildman–Crippen MR) is 103 cm³/mol. The van der Waals surface area contributed by atoms with Crippen LogP contribution in [0.15, 0.2) is 23.2 Å². The molecule has 0 fully saturated rings. The molecule has 0 aliphatic carbocycles. The first kappa shape index (κ1) is 18.2. The van der Waals surface area contributed by atoms with Gasteiger partial charge in [0.1, 0.15) is 17.1 Å². The quantitative estimate of drug-likeness (QED) is 0.783. The molecule has 5 nitrogen and oxygen atoms in total. The summed E-state index contributed by atoms with van der Waals surface area (Å²) in [6.45, 7) is 8.19. The summed E-state index contributed by atoms with van der Waals surface area (Å²) < 4.78 is 2.07. The Morgan fingerprint density at radius 1 is 1.15 bits per heavy atom. The maximum Gasteiger partial charge on any atom is 0.163 e. The van der Waals surface area contributed by atoms with E-state index in [-0.39, 0.29) is 11.5 Å². The number of rotatable bonds is 6. The molecule has 1 aliphatic heterocycles. The fourth-order valence-electron chi connectivity index (χ4n) is 3.38. The van der Waals surface area contributed by atoms with E-state index >= 15 is 0 Å². The van der Waals surface area contributed by atoms with E-state index in [1.54, 1.807) is 6.07 Å². The minimum Gasteiger partial charge on any atom is -0.872 e. The number of hydrogen-bond acceptors (Lipinski definition) is 4. The highest BCUT2D eigenvalue weighted by molar-refractivity contribution is 6.14. The average molecular weight is 352 g/mol. The zero-order valence-electron chi connectivity index (χ0n) is 16.0. The Balaban J connectivity index is 1.93. The van der Waals surface area contributed by atoms with Gasteiger partial charge < -0.3 is 10.2 Å². The Kier molecular flexibility index (Phi) is 5.16. The summed E-state index contributed by atoms with van der Waals surface area (Å²) in [5.74, 6) is 0.589. The number of imidazole rings is 1. The highest BCUT2D eigenvalue weighted by Crippen LogP contribution is 2.35. The fraction of sp³-hybridized carbons (Fsp3) is 0.429. The molecule has 0 bridgehead atoms. The fourth-order valence-corrected chi connectivity index (χ4v) is 3.38. The van der Waals surface area contributed by atoms with Gasteiger partial charge in [-0.2, -0.15) is 0 Å². The smallest absolute Gasteiger partial charge is 0.163 e. The molecule has 0 atom stereocenters. The summed E-state index contributed by atoms with van der Waals surface area (Å²) in [6.07, 6.45) is 7.10. The van der Waals surface area contributed by atoms with Crippen LogP contribution >= 0.6 is 0 Å². The van der Waals surface area contributed by atoms with Crippen LogP contribution in [0.2, 0.25) is 0 Å². The molecule has 1 aromatic heterocycles. The molecule has 1 aliphatic rings. The van der Waals surface area contributed by atoms with E-state index in [4.69, 9.17) is 0 Å². The van der Waals surface area contributed by atoms with E-state index in [9.17, 15) is 10.2 Å². The van der Waals surface area contributed by atoms with Gasteiger partial charge in [-0.3, -0.25) is 4.57 Å². The molecule has 26 heavy (non-hydrogen) atoms. The second-order valence-corrected chi connectivity index (χ2v) is 6.98. The molecule has 0 saturated carbocycles. The van der Waals surface area contributed by atoms with Crippen LogP contribution in [0.25, 0.3) is 5.70 Å². The van der Waals surface area contributed by atoms with Crippen molar-refractivity contribution in [2.24, 2.45) is 4.99 Å². The molecule has 5 heteroatoms. The number of fused-ring (bicyclic) bond motifs is 1. The van der Waals surface area contributed by atoms with Gasteiger partial charge in [0.15, 0.2) is 5.82 Å². The largest absolute Gasteiger partial charge is 0.872 e. The summed E-state index contributed by atoms with van der Waals surface area (Å²) in [5.41, 5.74) is 4.97. The van der Waals surface area contributed by atoms with Crippen LogP contribution in [0.1, 0.15) is 62.3 Å². The molecular formula is C21H26N3O2-. The van der Waals surface area contributed by atoms with Gasteiger partial charge in [0.05, 0.1) is 5.69 Å². The van der Waals surface area contributed by atoms with Crippen LogP contribution < -0.4 is 5.11 Å². The van der Waals surface area contributed by atoms with Crippen LogP contribution in [0.5, 0.6) is 11.5 Å². The first-order valence-corrected chi connectivity index (χ1v) is 9.29. The molecule has 0 saturated heterocycles. The second-order valence-electron chi connectivity index (χ2n) is 6.98. The molecule has 3 rings (SSSR count). The number of phenols is 1. The monoisotopic (exact) mass is 352 g/mol. The molecule has 2 aromatic rings. The molecule has 0 spiro atoms. The second kappa shape index (κ2) is 7.36. The topological polar surface area (TPSA) is 73.5 Å². The summed E-state index contributed by atoms with van der Waals surface area (Å²) in [7, 11) is 0. The van der Waals surface area contributed by atoms with Gasteiger partial charge in [-0.25, -0.2) is 9.98 Å². The lowest BCUT2D eigenvalue weighted by Crippen LogP contribution is -2.00. The van der Waals surface area contributed by atoms with E-state index in [2.05, 4.69) is 21.5 Å². The first-order chi connectivity index (χ1) is 12.4. The number of unbranched alkanes of at least 4 members (excludes halogenated alkanes) is 3. The van der Waals surface area contributed by atoms with Crippen molar-refractivity contribution in [3.05, 3.63) is 41.0 Å². The third kappa shape index (κ3) is 3.39. The third-order valence-corrected chi connectivity index (χ3v) is 4.97. The zero-order chi connectivity index (χ0) is 18.8. The van der Waals surface area contributed by atoms with Crippen LogP contribution in [0.4, 0.5) is 5.69 Å². The maximum atomic E-state index is 12.2. The van der Waals surface area contributed by atoms with E-state index in [1.807, 2.05) is 26.8 Å². The van der Waals surface area contributed by atoms with Crippen molar-refractivity contribution in [1.82, 2.24) is 9.55 Å². The minimum atomic E-state index is -0.116. The van der Waals surface area contributed by atoms with Gasteiger partial charge in [0, 0.05) is 11.4 Å². The molecule has 2 heterocycles. The van der Waals surface area contributed by atoms with E-state index in [0.29, 0.717) is 17.0 Å². The standard InChI is InChI=1S/C21H27N3O2/c1-5-6-7-8-9-16-11-17(20(26)12-19(16)25)23-18-10-13(2)24-15(4)14(3)22-21(18)24/h10-12,25-26H,5-9H2,1-4H3/p-1. The van der Waals surface area contributed by atoms with Crippen LogP contribution in [-0.2, 0) is 6.42 Å². The number of aliphatic imine (C=N–C) groups is 1. The predicted octanol–water partition coefficient (Wildman–Crippen LogP) is 4.40. The first-order valence-electron chi connectivity index (χ1n) is 9.29. The minimum absolute atomic E-state index is 0.0793. The molecular weight excluding hydrogens is 326 g/mol. The number of benzene rings is 1. The molecule has 0 unspecified atom stereocenters. The SMILES string of the molecule is CCCCCCc1cc(N=C2C=C(C)n3c2nc(C)c3C)c(O)cc1[O-]. The Hall–Kier alpha value is -2.56. The van der Waals surface area contributed by atoms with Gasteiger partial charge in [0.2, 0.25) is 0 Å².